The van der Waals surface area contributed by atoms with E-state index in [0.29, 0.717) is 30.2 Å². The Bertz CT molecular complexity index is 1220. The Kier molecular flexibility index (Phi) is 8.15. The molecule has 0 N–H and O–H groups in total. The van der Waals surface area contributed by atoms with Crippen LogP contribution in [0.3, 0.4) is 0 Å². The molecule has 0 saturated carbocycles. The molecule has 0 spiro atoms. The number of allylic oxidation sites excluding steroid dienone is 1. The number of nitrogens with zero attached hydrogens (tertiary/aromatic N) is 3. The van der Waals surface area contributed by atoms with Crippen molar-refractivity contribution in [1.29, 1.82) is 0 Å². The lowest BCUT2D eigenvalue weighted by Crippen LogP contribution is -2.38. The molecule has 0 aliphatic carbocycles. The first-order chi connectivity index (χ1) is 17.4. The van der Waals surface area contributed by atoms with Crippen LogP contribution in [0.2, 0.25) is 0 Å². The van der Waals surface area contributed by atoms with Gasteiger partial charge in [0, 0.05) is 19.3 Å². The second kappa shape index (κ2) is 11.5. The van der Waals surface area contributed by atoms with E-state index in [1.807, 2.05) is 78.8 Å². The molecule has 0 radical (unpaired) electrons. The summed E-state index contributed by atoms with van der Waals surface area (Å²) in [4.78, 5) is 34.3. The fourth-order valence-corrected chi connectivity index (χ4v) is 5.10. The van der Waals surface area contributed by atoms with Crippen LogP contribution in [0.5, 0.6) is 5.75 Å². The lowest BCUT2D eigenvalue weighted by molar-refractivity contribution is -0.139. The van der Waals surface area contributed by atoms with Gasteiger partial charge >= 0.3 is 5.97 Å². The van der Waals surface area contributed by atoms with E-state index in [1.54, 1.807) is 18.9 Å². The molecule has 0 unspecified atom stereocenters. The number of amides is 1. The maximum absolute atomic E-state index is 13.2. The van der Waals surface area contributed by atoms with Gasteiger partial charge in [-0.25, -0.2) is 9.79 Å². The summed E-state index contributed by atoms with van der Waals surface area (Å²) in [6, 6.07) is 17.2. The van der Waals surface area contributed by atoms with E-state index in [9.17, 15) is 9.59 Å². The van der Waals surface area contributed by atoms with Crippen LogP contribution in [0.1, 0.15) is 44.4 Å². The molecule has 188 valence electrons. The van der Waals surface area contributed by atoms with Crippen LogP contribution in [-0.4, -0.2) is 47.0 Å². The fraction of sp³-hybridized carbons (Fsp3) is 0.321. The summed E-state index contributed by atoms with van der Waals surface area (Å²) in [7, 11) is 1.79. The predicted octanol–water partition coefficient (Wildman–Crippen LogP) is 5.27. The van der Waals surface area contributed by atoms with Crippen molar-refractivity contribution in [3.63, 3.8) is 0 Å². The molecule has 0 fully saturated rings. The summed E-state index contributed by atoms with van der Waals surface area (Å²) in [5.74, 6) is 0.292. The largest absolute Gasteiger partial charge is 0.489 e. The molecule has 8 heteroatoms. The SMILES string of the molecule is CCOC(=O)C1=C(C)N=C2SC=C(CC(=O)N(C)CC)N2[C@@H]1c1cccc(OCc2ccccc2)c1. The number of amidine groups is 1. The number of rotatable bonds is 9. The highest BCUT2D eigenvalue weighted by atomic mass is 32.2. The van der Waals surface area contributed by atoms with E-state index in [0.717, 1.165) is 22.0 Å². The molecular weight excluding hydrogens is 474 g/mol. The van der Waals surface area contributed by atoms with Gasteiger partial charge in [-0.1, -0.05) is 54.2 Å². The number of thioether (sulfide) groups is 1. The smallest absolute Gasteiger partial charge is 0.338 e. The van der Waals surface area contributed by atoms with Crippen LogP contribution in [0.15, 0.2) is 82.0 Å². The van der Waals surface area contributed by atoms with Gasteiger partial charge in [0.1, 0.15) is 12.4 Å². The zero-order valence-corrected chi connectivity index (χ0v) is 21.9. The lowest BCUT2D eigenvalue weighted by atomic mass is 9.93. The van der Waals surface area contributed by atoms with Gasteiger partial charge in [0.05, 0.1) is 30.3 Å². The highest BCUT2D eigenvalue weighted by molar-refractivity contribution is 8.16. The van der Waals surface area contributed by atoms with Gasteiger partial charge in [-0.2, -0.15) is 0 Å². The van der Waals surface area contributed by atoms with E-state index in [-0.39, 0.29) is 18.9 Å². The Morgan fingerprint density at radius 2 is 1.89 bits per heavy atom. The Morgan fingerprint density at radius 3 is 2.61 bits per heavy atom. The summed E-state index contributed by atoms with van der Waals surface area (Å²) in [6.45, 7) is 6.87. The van der Waals surface area contributed by atoms with E-state index in [4.69, 9.17) is 14.5 Å². The molecule has 2 aromatic carbocycles. The number of aliphatic imine (C=N–C) groups is 1. The van der Waals surface area contributed by atoms with E-state index < -0.39 is 12.0 Å². The zero-order chi connectivity index (χ0) is 25.7. The van der Waals surface area contributed by atoms with Crippen molar-refractivity contribution in [1.82, 2.24) is 9.80 Å². The number of carbonyl (C=O) groups is 2. The monoisotopic (exact) mass is 505 g/mol. The number of hydrogen-bond donors (Lipinski definition) is 0. The topological polar surface area (TPSA) is 71.4 Å². The van der Waals surface area contributed by atoms with Gasteiger partial charge in [0.25, 0.3) is 0 Å². The number of hydrogen-bond acceptors (Lipinski definition) is 7. The van der Waals surface area contributed by atoms with Crippen molar-refractivity contribution in [2.75, 3.05) is 20.2 Å². The molecule has 0 bridgehead atoms. The van der Waals surface area contributed by atoms with E-state index in [1.165, 1.54) is 11.8 Å². The quantitative estimate of drug-likeness (QED) is 0.432. The normalized spacial score (nSPS) is 16.8. The third-order valence-corrected chi connectivity index (χ3v) is 7.04. The second-order valence-electron chi connectivity index (χ2n) is 8.54. The Morgan fingerprint density at radius 1 is 1.11 bits per heavy atom. The van der Waals surface area contributed by atoms with Crippen LogP contribution >= 0.6 is 11.8 Å². The number of carbonyl (C=O) groups excluding carboxylic acids is 2. The molecule has 2 aliphatic rings. The Hall–Kier alpha value is -3.52. The standard InChI is InChI=1S/C28H31N3O4S/c1-5-30(4)24(32)16-22-18-36-28-29-19(3)25(27(33)34-6-2)26(31(22)28)21-13-10-14-23(15-21)35-17-20-11-8-7-9-12-20/h7-15,18,26H,5-6,16-17H2,1-4H3/t26-/m1/s1. The average molecular weight is 506 g/mol. The first-order valence-corrected chi connectivity index (χ1v) is 12.9. The number of ether oxygens (including phenoxy) is 2. The summed E-state index contributed by atoms with van der Waals surface area (Å²) < 4.78 is 11.5. The molecule has 0 saturated heterocycles. The zero-order valence-electron chi connectivity index (χ0n) is 21.1. The first-order valence-electron chi connectivity index (χ1n) is 12.0. The fourth-order valence-electron chi connectivity index (χ4n) is 4.14. The Labute approximate surface area is 216 Å². The number of esters is 1. The minimum absolute atomic E-state index is 0.00764. The van der Waals surface area contributed by atoms with Crippen LogP contribution in [-0.2, 0) is 20.9 Å². The van der Waals surface area contributed by atoms with Crippen molar-refractivity contribution in [3.8, 4) is 5.75 Å². The van der Waals surface area contributed by atoms with Gasteiger partial charge in [0.2, 0.25) is 5.91 Å². The van der Waals surface area contributed by atoms with Gasteiger partial charge in [-0.15, -0.1) is 0 Å². The van der Waals surface area contributed by atoms with Gasteiger partial charge in [-0.05, 0) is 49.4 Å². The number of fused-ring (bicyclic) bond motifs is 1. The first kappa shape index (κ1) is 25.6. The van der Waals surface area contributed by atoms with Crippen molar-refractivity contribution in [2.24, 2.45) is 4.99 Å². The predicted molar refractivity (Wildman–Crippen MR) is 142 cm³/mol. The van der Waals surface area contributed by atoms with Gasteiger partial charge in [0.15, 0.2) is 5.17 Å². The molecule has 36 heavy (non-hydrogen) atoms. The summed E-state index contributed by atoms with van der Waals surface area (Å²) in [5.41, 5.74) is 3.81. The summed E-state index contributed by atoms with van der Waals surface area (Å²) in [5, 5.41) is 2.69. The van der Waals surface area contributed by atoms with Crippen molar-refractivity contribution in [3.05, 3.63) is 88.1 Å². The molecule has 2 heterocycles. The van der Waals surface area contributed by atoms with Crippen molar-refractivity contribution >= 4 is 28.8 Å². The molecule has 0 aromatic heterocycles. The second-order valence-corrected chi connectivity index (χ2v) is 9.38. The molecule has 4 rings (SSSR count). The van der Waals surface area contributed by atoms with Crippen molar-refractivity contribution in [2.45, 2.75) is 39.8 Å². The van der Waals surface area contributed by atoms with Gasteiger partial charge in [-0.3, -0.25) is 4.79 Å². The van der Waals surface area contributed by atoms with Crippen LogP contribution < -0.4 is 4.74 Å². The van der Waals surface area contributed by atoms with Crippen molar-refractivity contribution < 1.29 is 19.1 Å². The highest BCUT2D eigenvalue weighted by Crippen LogP contribution is 2.45. The average Bonchev–Trinajstić information content (AvgIpc) is 3.28. The minimum Gasteiger partial charge on any atom is -0.489 e. The third-order valence-electron chi connectivity index (χ3n) is 6.15. The van der Waals surface area contributed by atoms with E-state index >= 15 is 0 Å². The molecule has 2 aromatic rings. The molecule has 1 atom stereocenters. The van der Waals surface area contributed by atoms with Crippen LogP contribution in [0.25, 0.3) is 0 Å². The van der Waals surface area contributed by atoms with Gasteiger partial charge < -0.3 is 19.3 Å². The molecule has 1 amide bonds. The molecule has 2 aliphatic heterocycles. The highest BCUT2D eigenvalue weighted by Gasteiger charge is 2.41. The van der Waals surface area contributed by atoms with Crippen LogP contribution in [0.4, 0.5) is 0 Å². The van der Waals surface area contributed by atoms with E-state index in [2.05, 4.69) is 0 Å². The molecule has 7 nitrogen and oxygen atoms in total. The maximum atomic E-state index is 13.2. The van der Waals surface area contributed by atoms with Crippen LogP contribution in [0, 0.1) is 0 Å². The third kappa shape index (κ3) is 5.49. The Balaban J connectivity index is 1.69. The summed E-state index contributed by atoms with van der Waals surface area (Å²) >= 11 is 1.46. The minimum atomic E-state index is -0.488. The maximum Gasteiger partial charge on any atom is 0.338 e. The lowest BCUT2D eigenvalue weighted by Gasteiger charge is -2.36. The summed E-state index contributed by atoms with van der Waals surface area (Å²) in [6.07, 6.45) is 0.214. The molecular formula is C28H31N3O4S. The number of benzene rings is 2.